The average Bonchev–Trinajstić information content (AvgIpc) is 2.53. The molecule has 1 aliphatic heterocycles. The van der Waals surface area contributed by atoms with Gasteiger partial charge >= 0.3 is 0 Å². The lowest BCUT2D eigenvalue weighted by Gasteiger charge is -2.33. The first-order chi connectivity index (χ1) is 10.6. The Labute approximate surface area is 131 Å². The number of piperazine rings is 1. The van der Waals surface area contributed by atoms with Crippen molar-refractivity contribution in [3.05, 3.63) is 34.9 Å². The zero-order valence-corrected chi connectivity index (χ0v) is 12.3. The number of halogens is 1. The second-order valence-electron chi connectivity index (χ2n) is 4.98. The largest absolute Gasteiger partial charge is 0.368 e. The molecule has 0 radical (unpaired) electrons. The van der Waals surface area contributed by atoms with E-state index in [0.29, 0.717) is 41.7 Å². The van der Waals surface area contributed by atoms with Gasteiger partial charge in [0.05, 0.1) is 12.1 Å². The molecule has 1 amide bonds. The quantitative estimate of drug-likeness (QED) is 0.810. The zero-order valence-electron chi connectivity index (χ0n) is 11.6. The van der Waals surface area contributed by atoms with Gasteiger partial charge in [0, 0.05) is 30.0 Å². The van der Waals surface area contributed by atoms with Crippen LogP contribution in [0.25, 0.3) is 15.7 Å². The second-order valence-corrected chi connectivity index (χ2v) is 5.39. The highest BCUT2D eigenvalue weighted by Crippen LogP contribution is 2.33. The molecule has 0 saturated carbocycles. The van der Waals surface area contributed by atoms with Crippen molar-refractivity contribution in [2.24, 2.45) is 5.73 Å². The molecule has 1 fully saturated rings. The molecular weight excluding hydrogens is 304 g/mol. The van der Waals surface area contributed by atoms with Crippen LogP contribution in [0.2, 0.25) is 5.02 Å². The van der Waals surface area contributed by atoms with E-state index in [-0.39, 0.29) is 0 Å². The molecule has 3 rings (SSSR count). The number of amides is 1. The number of nitrogens with zero attached hydrogens (tertiary/aromatic N) is 4. The van der Waals surface area contributed by atoms with E-state index in [9.17, 15) is 4.79 Å². The summed E-state index contributed by atoms with van der Waals surface area (Å²) in [5.41, 5.74) is 6.38. The third kappa shape index (κ3) is 2.54. The number of nitrogens with one attached hydrogen (secondary N) is 1. The van der Waals surface area contributed by atoms with Gasteiger partial charge in [-0.15, -0.1) is 0 Å². The van der Waals surface area contributed by atoms with Crippen molar-refractivity contribution in [3.8, 4) is 0 Å². The highest BCUT2D eigenvalue weighted by atomic mass is 35.5. The fourth-order valence-corrected chi connectivity index (χ4v) is 2.72. The first kappa shape index (κ1) is 14.5. The first-order valence-corrected chi connectivity index (χ1v) is 7.07. The topological polar surface area (TPSA) is 88.5 Å². The fourth-order valence-electron chi connectivity index (χ4n) is 2.52. The number of carbonyl (C=O) groups excluding carboxylic acids is 1. The summed E-state index contributed by atoms with van der Waals surface area (Å²) >= 11 is 6.05. The third-order valence-electron chi connectivity index (χ3n) is 3.62. The molecule has 1 unspecified atom stereocenters. The van der Waals surface area contributed by atoms with Gasteiger partial charge in [0.1, 0.15) is 18.2 Å². The molecule has 2 aromatic rings. The van der Waals surface area contributed by atoms with Crippen molar-refractivity contribution in [1.82, 2.24) is 15.3 Å². The van der Waals surface area contributed by atoms with E-state index in [1.165, 1.54) is 6.33 Å². The SMILES string of the molecule is [C-]#[N+]c1cc2c(N3CCNC(C(N)=O)C3)ncnc2cc1Cl. The van der Waals surface area contributed by atoms with Gasteiger partial charge in [-0.3, -0.25) is 4.79 Å². The van der Waals surface area contributed by atoms with Crippen molar-refractivity contribution in [1.29, 1.82) is 0 Å². The molecule has 1 aromatic carbocycles. The highest BCUT2D eigenvalue weighted by molar-refractivity contribution is 6.34. The molecular formula is C14H13ClN6O. The molecule has 0 spiro atoms. The predicted molar refractivity (Wildman–Crippen MR) is 84.0 cm³/mol. The number of fused-ring (bicyclic) bond motifs is 1. The Kier molecular flexibility index (Phi) is 3.79. The molecule has 8 heteroatoms. The maximum Gasteiger partial charge on any atom is 0.236 e. The number of rotatable bonds is 2. The van der Waals surface area contributed by atoms with E-state index in [4.69, 9.17) is 23.9 Å². The van der Waals surface area contributed by atoms with Crippen LogP contribution in [0.15, 0.2) is 18.5 Å². The molecule has 1 atom stereocenters. The molecule has 7 nitrogen and oxygen atoms in total. The number of carbonyl (C=O) groups is 1. The number of primary amides is 1. The van der Waals surface area contributed by atoms with Gasteiger partial charge in [-0.1, -0.05) is 11.6 Å². The van der Waals surface area contributed by atoms with E-state index in [1.807, 2.05) is 4.90 Å². The molecule has 112 valence electrons. The van der Waals surface area contributed by atoms with Crippen LogP contribution in [-0.4, -0.2) is 41.6 Å². The number of hydrogen-bond donors (Lipinski definition) is 2. The Balaban J connectivity index is 2.07. The van der Waals surface area contributed by atoms with Crippen molar-refractivity contribution < 1.29 is 4.79 Å². The Morgan fingerprint density at radius 2 is 2.32 bits per heavy atom. The van der Waals surface area contributed by atoms with Gasteiger partial charge in [0.25, 0.3) is 0 Å². The number of anilines is 1. The van der Waals surface area contributed by atoms with E-state index in [0.717, 1.165) is 5.39 Å². The lowest BCUT2D eigenvalue weighted by molar-refractivity contribution is -0.120. The summed E-state index contributed by atoms with van der Waals surface area (Å²) < 4.78 is 0. The lowest BCUT2D eigenvalue weighted by Crippen LogP contribution is -2.56. The van der Waals surface area contributed by atoms with Gasteiger partial charge in [-0.25, -0.2) is 14.8 Å². The lowest BCUT2D eigenvalue weighted by atomic mass is 10.1. The third-order valence-corrected chi connectivity index (χ3v) is 3.92. The zero-order chi connectivity index (χ0) is 15.7. The van der Waals surface area contributed by atoms with Crippen LogP contribution in [-0.2, 0) is 4.79 Å². The van der Waals surface area contributed by atoms with E-state index >= 15 is 0 Å². The fraction of sp³-hybridized carbons (Fsp3) is 0.286. The normalized spacial score (nSPS) is 18.2. The molecule has 1 saturated heterocycles. The monoisotopic (exact) mass is 316 g/mol. The summed E-state index contributed by atoms with van der Waals surface area (Å²) in [6, 6.07) is 2.91. The van der Waals surface area contributed by atoms with Crippen molar-refractivity contribution in [2.45, 2.75) is 6.04 Å². The van der Waals surface area contributed by atoms with Gasteiger partial charge in [-0.2, -0.15) is 0 Å². The molecule has 0 aliphatic carbocycles. The van der Waals surface area contributed by atoms with Crippen LogP contribution in [0, 0.1) is 6.57 Å². The number of aromatic nitrogens is 2. The standard InChI is InChI=1S/C14H13ClN6O/c1-17-11-4-8-10(5-9(11)15)19-7-20-14(8)21-3-2-18-12(6-21)13(16)22/h4-5,7,12,18H,2-3,6H2,(H2,16,22). The van der Waals surface area contributed by atoms with Crippen LogP contribution in [0.1, 0.15) is 0 Å². The molecule has 22 heavy (non-hydrogen) atoms. The maximum absolute atomic E-state index is 11.4. The maximum atomic E-state index is 11.4. The van der Waals surface area contributed by atoms with Gasteiger partial charge < -0.3 is 16.0 Å². The molecule has 2 heterocycles. The van der Waals surface area contributed by atoms with Crippen LogP contribution < -0.4 is 16.0 Å². The molecule has 0 bridgehead atoms. The average molecular weight is 317 g/mol. The van der Waals surface area contributed by atoms with Gasteiger partial charge in [0.2, 0.25) is 11.6 Å². The number of hydrogen-bond acceptors (Lipinski definition) is 5. The van der Waals surface area contributed by atoms with Crippen LogP contribution in [0.4, 0.5) is 11.5 Å². The van der Waals surface area contributed by atoms with Crippen LogP contribution >= 0.6 is 11.6 Å². The summed E-state index contributed by atoms with van der Waals surface area (Å²) in [4.78, 5) is 25.3. The Morgan fingerprint density at radius 1 is 1.50 bits per heavy atom. The summed E-state index contributed by atoms with van der Waals surface area (Å²) in [5.74, 6) is 0.285. The smallest absolute Gasteiger partial charge is 0.236 e. The molecule has 1 aromatic heterocycles. The highest BCUT2D eigenvalue weighted by Gasteiger charge is 2.25. The Hall–Kier alpha value is -2.43. The summed E-state index contributed by atoms with van der Waals surface area (Å²) in [6.45, 7) is 8.92. The number of nitrogens with two attached hydrogens (primary N) is 1. The summed E-state index contributed by atoms with van der Waals surface area (Å²) in [5, 5.41) is 4.17. The van der Waals surface area contributed by atoms with Crippen LogP contribution in [0.3, 0.4) is 0 Å². The number of benzene rings is 1. The van der Waals surface area contributed by atoms with Gasteiger partial charge in [0.15, 0.2) is 0 Å². The van der Waals surface area contributed by atoms with E-state index in [1.54, 1.807) is 12.1 Å². The van der Waals surface area contributed by atoms with Crippen LogP contribution in [0.5, 0.6) is 0 Å². The Morgan fingerprint density at radius 3 is 3.05 bits per heavy atom. The van der Waals surface area contributed by atoms with Gasteiger partial charge in [-0.05, 0) is 12.1 Å². The van der Waals surface area contributed by atoms with E-state index < -0.39 is 11.9 Å². The molecule has 3 N–H and O–H groups in total. The molecule has 1 aliphatic rings. The summed E-state index contributed by atoms with van der Waals surface area (Å²) in [6.07, 6.45) is 1.45. The summed E-state index contributed by atoms with van der Waals surface area (Å²) in [7, 11) is 0. The van der Waals surface area contributed by atoms with E-state index in [2.05, 4.69) is 20.1 Å². The predicted octanol–water partition coefficient (Wildman–Crippen LogP) is 1.10. The Bertz CT molecular complexity index is 787. The first-order valence-electron chi connectivity index (χ1n) is 6.69. The minimum atomic E-state index is -0.425. The second kappa shape index (κ2) is 5.75. The minimum absolute atomic E-state index is 0.354. The van der Waals surface area contributed by atoms with Crippen molar-refractivity contribution >= 4 is 39.9 Å². The van der Waals surface area contributed by atoms with Crippen molar-refractivity contribution in [2.75, 3.05) is 24.5 Å². The minimum Gasteiger partial charge on any atom is -0.368 e. The van der Waals surface area contributed by atoms with Crippen molar-refractivity contribution in [3.63, 3.8) is 0 Å².